The average Bonchev–Trinajstić information content (AvgIpc) is 3.12. The highest BCUT2D eigenvalue weighted by molar-refractivity contribution is 7.22. The summed E-state index contributed by atoms with van der Waals surface area (Å²) in [7, 11) is 0. The summed E-state index contributed by atoms with van der Waals surface area (Å²) in [5.74, 6) is 1.94. The highest BCUT2D eigenvalue weighted by Gasteiger charge is 2.40. The molecule has 1 aromatic carbocycles. The molecule has 4 rings (SSSR count). The molecule has 1 N–H and O–H groups in total. The maximum atomic E-state index is 13.2. The molecule has 2 bridgehead atoms. The molecular formula is C16H17FN2OS. The van der Waals surface area contributed by atoms with Crippen molar-refractivity contribution in [1.82, 2.24) is 4.98 Å². The van der Waals surface area contributed by atoms with Gasteiger partial charge in [0.25, 0.3) is 0 Å². The first-order valence-corrected chi connectivity index (χ1v) is 8.35. The van der Waals surface area contributed by atoms with Crippen molar-refractivity contribution in [2.24, 2.45) is 17.8 Å². The lowest BCUT2D eigenvalue weighted by atomic mass is 9.86. The standard InChI is InChI=1S/C16H17FN2OS/c17-12-3-4-13-14(8-12)21-16(18-13)19-15(20)7-11-6-9-1-2-10(11)5-9/h3-4,8-11H,1-2,5-7H2,(H,18,19,20)/t9-,10-,11+/m1/s1. The lowest BCUT2D eigenvalue weighted by Crippen LogP contribution is -2.20. The second kappa shape index (κ2) is 5.05. The van der Waals surface area contributed by atoms with Gasteiger partial charge in [-0.2, -0.15) is 0 Å². The summed E-state index contributed by atoms with van der Waals surface area (Å²) in [6.07, 6.45) is 5.78. The maximum Gasteiger partial charge on any atom is 0.226 e. The van der Waals surface area contributed by atoms with E-state index in [1.807, 2.05) is 0 Å². The van der Waals surface area contributed by atoms with Crippen LogP contribution in [0.15, 0.2) is 18.2 Å². The molecule has 0 unspecified atom stereocenters. The molecule has 0 spiro atoms. The van der Waals surface area contributed by atoms with Crippen molar-refractivity contribution >= 4 is 32.6 Å². The molecular weight excluding hydrogens is 287 g/mol. The van der Waals surface area contributed by atoms with Gasteiger partial charge in [-0.05, 0) is 55.2 Å². The zero-order chi connectivity index (χ0) is 14.4. The van der Waals surface area contributed by atoms with Crippen molar-refractivity contribution in [1.29, 1.82) is 0 Å². The first kappa shape index (κ1) is 13.2. The van der Waals surface area contributed by atoms with Gasteiger partial charge in [0.1, 0.15) is 5.82 Å². The average molecular weight is 304 g/mol. The third kappa shape index (κ3) is 2.55. The summed E-state index contributed by atoms with van der Waals surface area (Å²) in [4.78, 5) is 16.5. The van der Waals surface area contributed by atoms with Gasteiger partial charge in [-0.3, -0.25) is 4.79 Å². The largest absolute Gasteiger partial charge is 0.302 e. The number of halogens is 1. The zero-order valence-corrected chi connectivity index (χ0v) is 12.5. The van der Waals surface area contributed by atoms with E-state index in [0.717, 1.165) is 22.1 Å². The Hall–Kier alpha value is -1.49. The molecule has 3 atom stereocenters. The van der Waals surface area contributed by atoms with E-state index in [1.54, 1.807) is 6.07 Å². The molecule has 1 amide bonds. The lowest BCUT2D eigenvalue weighted by molar-refractivity contribution is -0.117. The number of carbonyl (C=O) groups is 1. The summed E-state index contributed by atoms with van der Waals surface area (Å²) < 4.78 is 13.9. The summed E-state index contributed by atoms with van der Waals surface area (Å²) in [6, 6.07) is 4.49. The van der Waals surface area contributed by atoms with Gasteiger partial charge in [0.05, 0.1) is 10.2 Å². The number of carbonyl (C=O) groups excluding carboxylic acids is 1. The third-order valence-electron chi connectivity index (χ3n) is 4.93. The number of aromatic nitrogens is 1. The number of fused-ring (bicyclic) bond motifs is 3. The van der Waals surface area contributed by atoms with Crippen molar-refractivity contribution < 1.29 is 9.18 Å². The Morgan fingerprint density at radius 1 is 1.38 bits per heavy atom. The van der Waals surface area contributed by atoms with Gasteiger partial charge in [0.2, 0.25) is 5.91 Å². The number of hydrogen-bond acceptors (Lipinski definition) is 3. The molecule has 2 aliphatic carbocycles. The lowest BCUT2D eigenvalue weighted by Gasteiger charge is -2.20. The number of thiazole rings is 1. The molecule has 3 nitrogen and oxygen atoms in total. The fourth-order valence-corrected chi connectivity index (χ4v) is 4.89. The zero-order valence-electron chi connectivity index (χ0n) is 11.6. The van der Waals surface area contributed by atoms with E-state index in [0.29, 0.717) is 17.5 Å². The molecule has 2 fully saturated rings. The second-order valence-corrected chi connectivity index (χ2v) is 7.35. The van der Waals surface area contributed by atoms with Crippen molar-refractivity contribution in [3.8, 4) is 0 Å². The van der Waals surface area contributed by atoms with Crippen LogP contribution in [-0.4, -0.2) is 10.9 Å². The second-order valence-electron chi connectivity index (χ2n) is 6.32. The molecule has 0 saturated heterocycles. The molecule has 0 aliphatic heterocycles. The third-order valence-corrected chi connectivity index (χ3v) is 5.86. The van der Waals surface area contributed by atoms with Gasteiger partial charge in [-0.15, -0.1) is 0 Å². The predicted octanol–water partition coefficient (Wildman–Crippen LogP) is 4.20. The Labute approximate surface area is 126 Å². The SMILES string of the molecule is O=C(C[C@@H]1C[C@@H]2CC[C@@H]1C2)Nc1nc2ccc(F)cc2s1. The van der Waals surface area contributed by atoms with Gasteiger partial charge < -0.3 is 5.32 Å². The maximum absolute atomic E-state index is 13.2. The minimum atomic E-state index is -0.272. The molecule has 2 aliphatic rings. The molecule has 0 radical (unpaired) electrons. The van der Waals surface area contributed by atoms with E-state index < -0.39 is 0 Å². The fourth-order valence-electron chi connectivity index (χ4n) is 3.99. The molecule has 110 valence electrons. The van der Waals surface area contributed by atoms with Crippen molar-refractivity contribution in [3.05, 3.63) is 24.0 Å². The number of benzene rings is 1. The van der Waals surface area contributed by atoms with Crippen LogP contribution in [0.5, 0.6) is 0 Å². The Balaban J connectivity index is 1.43. The van der Waals surface area contributed by atoms with E-state index in [4.69, 9.17) is 0 Å². The van der Waals surface area contributed by atoms with Crippen molar-refractivity contribution in [2.75, 3.05) is 5.32 Å². The van der Waals surface area contributed by atoms with E-state index in [1.165, 1.54) is 49.2 Å². The van der Waals surface area contributed by atoms with Crippen LogP contribution >= 0.6 is 11.3 Å². The molecule has 5 heteroatoms. The summed E-state index contributed by atoms with van der Waals surface area (Å²) in [6.45, 7) is 0. The van der Waals surface area contributed by atoms with Crippen LogP contribution in [0.2, 0.25) is 0 Å². The van der Waals surface area contributed by atoms with Crippen molar-refractivity contribution in [3.63, 3.8) is 0 Å². The van der Waals surface area contributed by atoms with E-state index >= 15 is 0 Å². The molecule has 1 aromatic heterocycles. The topological polar surface area (TPSA) is 42.0 Å². The smallest absolute Gasteiger partial charge is 0.226 e. The fraction of sp³-hybridized carbons (Fsp3) is 0.500. The predicted molar refractivity (Wildman–Crippen MR) is 81.8 cm³/mol. The van der Waals surface area contributed by atoms with Crippen molar-refractivity contribution in [2.45, 2.75) is 32.1 Å². The van der Waals surface area contributed by atoms with E-state index in [9.17, 15) is 9.18 Å². The van der Waals surface area contributed by atoms with E-state index in [-0.39, 0.29) is 11.7 Å². The quantitative estimate of drug-likeness (QED) is 0.923. The van der Waals surface area contributed by atoms with Gasteiger partial charge in [0.15, 0.2) is 5.13 Å². The normalized spacial score (nSPS) is 27.4. The Morgan fingerprint density at radius 3 is 3.05 bits per heavy atom. The molecule has 2 aromatic rings. The van der Waals surface area contributed by atoms with Crippen LogP contribution in [0.1, 0.15) is 32.1 Å². The number of rotatable bonds is 3. The Kier molecular flexibility index (Phi) is 3.17. The Morgan fingerprint density at radius 2 is 2.29 bits per heavy atom. The number of nitrogens with one attached hydrogen (secondary N) is 1. The number of anilines is 1. The van der Waals surface area contributed by atoms with Crippen LogP contribution in [0.25, 0.3) is 10.2 Å². The molecule has 2 saturated carbocycles. The Bertz CT molecular complexity index is 699. The highest BCUT2D eigenvalue weighted by Crippen LogP contribution is 2.49. The van der Waals surface area contributed by atoms with E-state index in [2.05, 4.69) is 10.3 Å². The van der Waals surface area contributed by atoms with Gasteiger partial charge in [-0.25, -0.2) is 9.37 Å². The summed E-state index contributed by atoms with van der Waals surface area (Å²) >= 11 is 1.33. The highest BCUT2D eigenvalue weighted by atomic mass is 32.1. The minimum Gasteiger partial charge on any atom is -0.302 e. The van der Waals surface area contributed by atoms with Crippen LogP contribution < -0.4 is 5.32 Å². The number of nitrogens with zero attached hydrogens (tertiary/aromatic N) is 1. The van der Waals surface area contributed by atoms with Gasteiger partial charge >= 0.3 is 0 Å². The van der Waals surface area contributed by atoms with Crippen LogP contribution in [0.3, 0.4) is 0 Å². The van der Waals surface area contributed by atoms with Crippen LogP contribution in [-0.2, 0) is 4.79 Å². The monoisotopic (exact) mass is 304 g/mol. The summed E-state index contributed by atoms with van der Waals surface area (Å²) in [5, 5.41) is 3.46. The van der Waals surface area contributed by atoms with Gasteiger partial charge in [-0.1, -0.05) is 17.8 Å². The summed E-state index contributed by atoms with van der Waals surface area (Å²) in [5.41, 5.74) is 0.733. The molecule has 21 heavy (non-hydrogen) atoms. The van der Waals surface area contributed by atoms with Crippen LogP contribution in [0, 0.1) is 23.6 Å². The van der Waals surface area contributed by atoms with Gasteiger partial charge in [0, 0.05) is 6.42 Å². The number of amides is 1. The molecule has 1 heterocycles. The number of hydrogen-bond donors (Lipinski definition) is 1. The first-order chi connectivity index (χ1) is 10.2. The minimum absolute atomic E-state index is 0.0482. The first-order valence-electron chi connectivity index (χ1n) is 7.53. The van der Waals surface area contributed by atoms with Crippen LogP contribution in [0.4, 0.5) is 9.52 Å².